The van der Waals surface area contributed by atoms with Gasteiger partial charge in [0.2, 0.25) is 17.6 Å². The molecule has 2 aromatic carbocycles. The fourth-order valence-corrected chi connectivity index (χ4v) is 4.93. The van der Waals surface area contributed by atoms with Crippen molar-refractivity contribution >= 4 is 34.7 Å². The molecule has 0 spiro atoms. The van der Waals surface area contributed by atoms with Crippen LogP contribution in [0.5, 0.6) is 0 Å². The molecule has 0 saturated carbocycles. The Morgan fingerprint density at radius 3 is 2.27 bits per heavy atom. The summed E-state index contributed by atoms with van der Waals surface area (Å²) in [6.45, 7) is 7.81. The van der Waals surface area contributed by atoms with Crippen LogP contribution in [0.1, 0.15) is 56.7 Å². The van der Waals surface area contributed by atoms with Crippen LogP contribution >= 0.6 is 0 Å². The van der Waals surface area contributed by atoms with E-state index in [1.54, 1.807) is 12.1 Å². The number of para-hydroxylation sites is 1. The maximum Gasteiger partial charge on any atom is 0.408 e. The minimum Gasteiger partial charge on any atom is -0.453 e. The van der Waals surface area contributed by atoms with Crippen LogP contribution < -0.4 is 10.6 Å². The van der Waals surface area contributed by atoms with Gasteiger partial charge in [0.1, 0.15) is 24.3 Å². The summed E-state index contributed by atoms with van der Waals surface area (Å²) in [5.74, 6) is -1.34. The van der Waals surface area contributed by atoms with Crippen LogP contribution in [0.4, 0.5) is 4.79 Å². The Bertz CT molecular complexity index is 1320. The van der Waals surface area contributed by atoms with Crippen molar-refractivity contribution in [2.24, 2.45) is 11.8 Å². The smallest absolute Gasteiger partial charge is 0.408 e. The molecule has 0 radical (unpaired) electrons. The molecule has 0 bridgehead atoms. The molecule has 3 unspecified atom stereocenters. The Hall–Kier alpha value is -4.14. The van der Waals surface area contributed by atoms with Crippen molar-refractivity contribution < 1.29 is 28.3 Å². The highest BCUT2D eigenvalue weighted by atomic mass is 16.5. The molecule has 1 saturated heterocycles. The van der Waals surface area contributed by atoms with Crippen molar-refractivity contribution in [1.29, 1.82) is 0 Å². The number of fused-ring (bicyclic) bond motifs is 1. The second-order valence-corrected chi connectivity index (χ2v) is 10.9. The number of nitrogens with one attached hydrogen (secondary N) is 2. The standard InChI is InChI=1S/C31H37N3O6/c1-19(2)26(28(35)25-17-22-13-8-9-15-24(22)40-25)32-29(36)23-14-10-16-34(23)30(37)27(20(3)4)33-31(38)39-18-21-11-6-5-7-12-21/h5-9,11-13,15,17,19-20,23,26-27H,10,14,16,18H2,1-4H3,(H,32,36)(H,33,38). The molecule has 40 heavy (non-hydrogen) atoms. The molecule has 2 N–H and O–H groups in total. The second-order valence-electron chi connectivity index (χ2n) is 10.9. The van der Waals surface area contributed by atoms with Crippen LogP contribution in [0, 0.1) is 11.8 Å². The Labute approximate surface area is 234 Å². The van der Waals surface area contributed by atoms with Crippen LogP contribution in [0.3, 0.4) is 0 Å². The van der Waals surface area contributed by atoms with E-state index in [0.717, 1.165) is 10.9 Å². The Morgan fingerprint density at radius 2 is 1.60 bits per heavy atom. The Morgan fingerprint density at radius 1 is 0.925 bits per heavy atom. The molecule has 2 heterocycles. The predicted octanol–water partition coefficient (Wildman–Crippen LogP) is 4.70. The van der Waals surface area contributed by atoms with E-state index in [1.165, 1.54) is 4.90 Å². The monoisotopic (exact) mass is 547 g/mol. The third kappa shape index (κ3) is 6.70. The SMILES string of the molecule is CC(C)C(NC(=O)C1CCCN1C(=O)C(NC(=O)OCc1ccccc1)C(C)C)C(=O)c1cc2ccccc2o1. The molecule has 1 aliphatic heterocycles. The molecule has 9 heteroatoms. The average Bonchev–Trinajstić information content (AvgIpc) is 3.61. The fraction of sp³-hybridized carbons (Fsp3) is 0.419. The van der Waals surface area contributed by atoms with Gasteiger partial charge in [-0.15, -0.1) is 0 Å². The molecule has 3 amide bonds. The topological polar surface area (TPSA) is 118 Å². The van der Waals surface area contributed by atoms with Crippen LogP contribution in [-0.2, 0) is 20.9 Å². The van der Waals surface area contributed by atoms with Gasteiger partial charge >= 0.3 is 6.09 Å². The molecule has 3 atom stereocenters. The minimum absolute atomic E-state index is 0.0796. The first kappa shape index (κ1) is 28.9. The van der Waals surface area contributed by atoms with Crippen molar-refractivity contribution in [2.75, 3.05) is 6.54 Å². The first-order chi connectivity index (χ1) is 19.2. The summed E-state index contributed by atoms with van der Waals surface area (Å²) in [6.07, 6.45) is 0.397. The fourth-order valence-electron chi connectivity index (χ4n) is 4.93. The van der Waals surface area contributed by atoms with Gasteiger partial charge < -0.3 is 24.7 Å². The van der Waals surface area contributed by atoms with Crippen molar-refractivity contribution in [3.8, 4) is 0 Å². The highest BCUT2D eigenvalue weighted by Crippen LogP contribution is 2.24. The number of hydrogen-bond acceptors (Lipinski definition) is 6. The zero-order valence-corrected chi connectivity index (χ0v) is 23.4. The number of ketones is 1. The van der Waals surface area contributed by atoms with Crippen molar-refractivity contribution in [1.82, 2.24) is 15.5 Å². The number of furan rings is 1. The minimum atomic E-state index is -0.866. The van der Waals surface area contributed by atoms with Gasteiger partial charge in [0, 0.05) is 11.9 Å². The van der Waals surface area contributed by atoms with E-state index in [0.29, 0.717) is 25.0 Å². The van der Waals surface area contributed by atoms with E-state index in [9.17, 15) is 19.2 Å². The largest absolute Gasteiger partial charge is 0.453 e. The third-order valence-corrected chi connectivity index (χ3v) is 7.17. The number of hydrogen-bond donors (Lipinski definition) is 2. The number of carbonyl (C=O) groups is 4. The van der Waals surface area contributed by atoms with E-state index in [4.69, 9.17) is 9.15 Å². The van der Waals surface area contributed by atoms with Gasteiger partial charge in [-0.25, -0.2) is 4.79 Å². The van der Waals surface area contributed by atoms with Gasteiger partial charge in [-0.05, 0) is 42.4 Å². The second kappa shape index (κ2) is 12.8. The molecule has 3 aromatic rings. The zero-order valence-electron chi connectivity index (χ0n) is 23.4. The number of amides is 3. The highest BCUT2D eigenvalue weighted by Gasteiger charge is 2.40. The Balaban J connectivity index is 1.42. The summed E-state index contributed by atoms with van der Waals surface area (Å²) in [6, 6.07) is 15.8. The summed E-state index contributed by atoms with van der Waals surface area (Å²) in [7, 11) is 0. The molecule has 9 nitrogen and oxygen atoms in total. The quantitative estimate of drug-likeness (QED) is 0.355. The number of Topliss-reactive ketones (excluding diaryl/α,β-unsaturated/α-hetero) is 1. The van der Waals surface area contributed by atoms with Crippen molar-refractivity contribution in [3.05, 3.63) is 72.0 Å². The third-order valence-electron chi connectivity index (χ3n) is 7.17. The summed E-state index contributed by atoms with van der Waals surface area (Å²) in [5.41, 5.74) is 1.43. The number of alkyl carbamates (subject to hydrolysis) is 1. The van der Waals surface area contributed by atoms with E-state index in [-0.39, 0.29) is 35.9 Å². The van der Waals surface area contributed by atoms with E-state index in [1.807, 2.05) is 76.2 Å². The number of rotatable bonds is 10. The number of benzene rings is 2. The number of carbonyl (C=O) groups excluding carboxylic acids is 4. The summed E-state index contributed by atoms with van der Waals surface area (Å²) in [5, 5.41) is 6.37. The number of nitrogens with zero attached hydrogens (tertiary/aromatic N) is 1. The summed E-state index contributed by atoms with van der Waals surface area (Å²) < 4.78 is 11.1. The van der Waals surface area contributed by atoms with Gasteiger partial charge in [-0.1, -0.05) is 76.2 Å². The molecule has 0 aliphatic carbocycles. The number of ether oxygens (including phenoxy) is 1. The van der Waals surface area contributed by atoms with E-state index in [2.05, 4.69) is 10.6 Å². The predicted molar refractivity (Wildman–Crippen MR) is 150 cm³/mol. The van der Waals surface area contributed by atoms with Crippen LogP contribution in [0.25, 0.3) is 11.0 Å². The van der Waals surface area contributed by atoms with E-state index < -0.39 is 30.1 Å². The van der Waals surface area contributed by atoms with Crippen LogP contribution in [0.15, 0.2) is 65.1 Å². The van der Waals surface area contributed by atoms with Gasteiger partial charge in [0.15, 0.2) is 5.76 Å². The molecule has 1 aliphatic rings. The van der Waals surface area contributed by atoms with Gasteiger partial charge in [0.25, 0.3) is 0 Å². The van der Waals surface area contributed by atoms with Crippen LogP contribution in [-0.4, -0.2) is 53.3 Å². The average molecular weight is 548 g/mol. The lowest BCUT2D eigenvalue weighted by atomic mass is 9.97. The molecule has 212 valence electrons. The van der Waals surface area contributed by atoms with Crippen LogP contribution in [0.2, 0.25) is 0 Å². The lowest BCUT2D eigenvalue weighted by Crippen LogP contribution is -2.57. The molecule has 4 rings (SSSR count). The summed E-state index contributed by atoms with van der Waals surface area (Å²) >= 11 is 0. The molecular formula is C31H37N3O6. The van der Waals surface area contributed by atoms with E-state index >= 15 is 0 Å². The number of likely N-dealkylation sites (tertiary alicyclic amines) is 1. The van der Waals surface area contributed by atoms with Crippen molar-refractivity contribution in [2.45, 2.75) is 65.3 Å². The zero-order chi connectivity index (χ0) is 28.8. The highest BCUT2D eigenvalue weighted by molar-refractivity contribution is 6.03. The molecule has 1 fully saturated rings. The first-order valence-electron chi connectivity index (χ1n) is 13.8. The normalized spacial score (nSPS) is 16.6. The Kier molecular flexibility index (Phi) is 9.24. The first-order valence-corrected chi connectivity index (χ1v) is 13.8. The lowest BCUT2D eigenvalue weighted by molar-refractivity contribution is -0.141. The maximum atomic E-state index is 13.6. The molecular weight excluding hydrogens is 510 g/mol. The summed E-state index contributed by atoms with van der Waals surface area (Å²) in [4.78, 5) is 54.4. The van der Waals surface area contributed by atoms with Gasteiger partial charge in [0.05, 0.1) is 6.04 Å². The van der Waals surface area contributed by atoms with Gasteiger partial charge in [-0.2, -0.15) is 0 Å². The maximum absolute atomic E-state index is 13.6. The molecule has 1 aromatic heterocycles. The van der Waals surface area contributed by atoms with Crippen molar-refractivity contribution in [3.63, 3.8) is 0 Å². The lowest BCUT2D eigenvalue weighted by Gasteiger charge is -2.31. The van der Waals surface area contributed by atoms with Gasteiger partial charge in [-0.3, -0.25) is 14.4 Å².